The monoisotopic (exact) mass is 716 g/mol. The van der Waals surface area contributed by atoms with Crippen LogP contribution in [0.5, 0.6) is 0 Å². The number of rotatable bonds is 39. The number of allylic oxidation sites excluding steroid dienone is 2. The quantitative estimate of drug-likeness (QED) is 0.0286. The van der Waals surface area contributed by atoms with Crippen LogP contribution in [0.25, 0.3) is 0 Å². The van der Waals surface area contributed by atoms with Gasteiger partial charge in [-0.25, -0.2) is 4.57 Å². The SMILES string of the molecule is CCCCCCCC/C=C/CCCCCCCCCCCCCC(=O)N[C@@H](COP(=O)(O)O)[C@H](O)CCCCCCCCCCCCCC. The van der Waals surface area contributed by atoms with Crippen molar-refractivity contribution in [1.82, 2.24) is 5.32 Å². The Kier molecular flexibility index (Phi) is 36.5. The summed E-state index contributed by atoms with van der Waals surface area (Å²) in [5.41, 5.74) is 0. The smallest absolute Gasteiger partial charge is 0.391 e. The standard InChI is InChI=1S/C41H82NO6P/c1-3-5-7-9-11-13-15-17-18-19-20-21-22-23-24-25-27-29-31-33-35-37-41(44)42-39(38-48-49(45,46)47)40(43)36-34-32-30-28-26-16-14-12-10-8-6-4-2/h17-18,39-40,43H,3-16,19-38H2,1-2H3,(H,42,44)(H2,45,46,47)/b18-17+/t39-,40+/m0/s1. The summed E-state index contributed by atoms with van der Waals surface area (Å²) in [6.07, 6.45) is 43.4. The van der Waals surface area contributed by atoms with Crippen LogP contribution in [-0.4, -0.2) is 39.6 Å². The number of hydrogen-bond donors (Lipinski definition) is 4. The highest BCUT2D eigenvalue weighted by Gasteiger charge is 2.25. The van der Waals surface area contributed by atoms with E-state index in [-0.39, 0.29) is 5.91 Å². The molecule has 0 spiro atoms. The van der Waals surface area contributed by atoms with Gasteiger partial charge in [-0.1, -0.05) is 193 Å². The molecule has 0 aliphatic heterocycles. The molecular weight excluding hydrogens is 633 g/mol. The summed E-state index contributed by atoms with van der Waals surface area (Å²) in [4.78, 5) is 30.9. The lowest BCUT2D eigenvalue weighted by molar-refractivity contribution is -0.123. The fourth-order valence-corrected chi connectivity index (χ4v) is 6.87. The lowest BCUT2D eigenvalue weighted by Crippen LogP contribution is -2.46. The minimum atomic E-state index is -4.69. The zero-order chi connectivity index (χ0) is 36.1. The first-order valence-corrected chi connectivity index (χ1v) is 22.7. The normalized spacial score (nSPS) is 13.3. The third-order valence-electron chi connectivity index (χ3n) is 9.75. The van der Waals surface area contributed by atoms with Crippen LogP contribution in [0.3, 0.4) is 0 Å². The van der Waals surface area contributed by atoms with E-state index in [1.807, 2.05) is 0 Å². The molecule has 0 bridgehead atoms. The summed E-state index contributed by atoms with van der Waals surface area (Å²) in [5.74, 6) is -0.193. The highest BCUT2D eigenvalue weighted by Crippen LogP contribution is 2.36. The summed E-state index contributed by atoms with van der Waals surface area (Å²) in [6.45, 7) is 4.12. The summed E-state index contributed by atoms with van der Waals surface area (Å²) in [5, 5.41) is 13.5. The van der Waals surface area contributed by atoms with E-state index in [9.17, 15) is 14.5 Å². The van der Waals surface area contributed by atoms with Gasteiger partial charge in [-0.2, -0.15) is 0 Å². The Morgan fingerprint density at radius 3 is 1.31 bits per heavy atom. The topological polar surface area (TPSA) is 116 Å². The van der Waals surface area contributed by atoms with Crippen LogP contribution in [0.4, 0.5) is 0 Å². The number of aliphatic hydroxyl groups is 1. The molecule has 0 rings (SSSR count). The fraction of sp³-hybridized carbons (Fsp3) is 0.927. The minimum Gasteiger partial charge on any atom is -0.391 e. The van der Waals surface area contributed by atoms with Crippen molar-refractivity contribution < 1.29 is 28.8 Å². The van der Waals surface area contributed by atoms with Crippen molar-refractivity contribution >= 4 is 13.7 Å². The first kappa shape index (κ1) is 48.3. The molecule has 7 nitrogen and oxygen atoms in total. The van der Waals surface area contributed by atoms with Crippen LogP contribution in [0.2, 0.25) is 0 Å². The number of phosphoric ester groups is 1. The molecule has 4 N–H and O–H groups in total. The Morgan fingerprint density at radius 2 is 0.918 bits per heavy atom. The number of phosphoric acid groups is 1. The van der Waals surface area contributed by atoms with Crippen LogP contribution in [-0.2, 0) is 13.9 Å². The van der Waals surface area contributed by atoms with Gasteiger partial charge in [-0.15, -0.1) is 0 Å². The minimum absolute atomic E-state index is 0.193. The van der Waals surface area contributed by atoms with Gasteiger partial charge in [-0.05, 0) is 38.5 Å². The van der Waals surface area contributed by atoms with E-state index < -0.39 is 26.6 Å². The second-order valence-electron chi connectivity index (χ2n) is 14.7. The van der Waals surface area contributed by atoms with Gasteiger partial charge in [0.15, 0.2) is 0 Å². The second kappa shape index (κ2) is 37.1. The maximum absolute atomic E-state index is 12.6. The van der Waals surface area contributed by atoms with Crippen LogP contribution in [0.1, 0.15) is 226 Å². The highest BCUT2D eigenvalue weighted by atomic mass is 31.2. The van der Waals surface area contributed by atoms with Crippen molar-refractivity contribution in [2.75, 3.05) is 6.61 Å². The molecule has 0 unspecified atom stereocenters. The molecule has 0 aliphatic rings. The third-order valence-corrected chi connectivity index (χ3v) is 10.2. The summed E-state index contributed by atoms with van der Waals surface area (Å²) < 4.78 is 15.9. The molecule has 2 atom stereocenters. The lowest BCUT2D eigenvalue weighted by Gasteiger charge is -2.24. The molecule has 292 valence electrons. The number of hydrogen-bond acceptors (Lipinski definition) is 4. The Hall–Kier alpha value is -0.720. The lowest BCUT2D eigenvalue weighted by atomic mass is 10.0. The van der Waals surface area contributed by atoms with E-state index in [0.717, 1.165) is 38.5 Å². The number of aliphatic hydroxyl groups excluding tert-OH is 1. The van der Waals surface area contributed by atoms with Crippen molar-refractivity contribution in [3.05, 3.63) is 12.2 Å². The summed E-state index contributed by atoms with van der Waals surface area (Å²) in [7, 11) is -4.69. The van der Waals surface area contributed by atoms with Crippen molar-refractivity contribution in [3.8, 4) is 0 Å². The number of unbranched alkanes of at least 4 members (excludes halogenated alkanes) is 28. The molecule has 49 heavy (non-hydrogen) atoms. The Labute approximate surface area is 303 Å². The van der Waals surface area contributed by atoms with Crippen molar-refractivity contribution in [3.63, 3.8) is 0 Å². The number of carbonyl (C=O) groups excluding carboxylic acids is 1. The molecule has 0 aliphatic carbocycles. The zero-order valence-electron chi connectivity index (χ0n) is 32.4. The molecule has 0 heterocycles. The predicted molar refractivity (Wildman–Crippen MR) is 209 cm³/mol. The van der Waals surface area contributed by atoms with Crippen molar-refractivity contribution in [1.29, 1.82) is 0 Å². The third kappa shape index (κ3) is 38.3. The van der Waals surface area contributed by atoms with Crippen LogP contribution < -0.4 is 5.32 Å². The first-order chi connectivity index (χ1) is 23.8. The Morgan fingerprint density at radius 1 is 0.571 bits per heavy atom. The maximum atomic E-state index is 12.6. The average Bonchev–Trinajstić information content (AvgIpc) is 3.07. The zero-order valence-corrected chi connectivity index (χ0v) is 33.3. The number of nitrogens with one attached hydrogen (secondary N) is 1. The van der Waals surface area contributed by atoms with E-state index >= 15 is 0 Å². The molecule has 0 aromatic rings. The Balaban J connectivity index is 3.84. The molecule has 0 saturated carbocycles. The molecule has 0 saturated heterocycles. The molecule has 0 aromatic heterocycles. The van der Waals surface area contributed by atoms with Gasteiger partial charge in [-0.3, -0.25) is 9.32 Å². The average molecular weight is 716 g/mol. The van der Waals surface area contributed by atoms with E-state index in [4.69, 9.17) is 9.79 Å². The van der Waals surface area contributed by atoms with Crippen LogP contribution >= 0.6 is 7.82 Å². The first-order valence-electron chi connectivity index (χ1n) is 21.1. The maximum Gasteiger partial charge on any atom is 0.469 e. The van der Waals surface area contributed by atoms with E-state index in [1.54, 1.807) is 0 Å². The number of carbonyl (C=O) groups is 1. The van der Waals surface area contributed by atoms with Crippen LogP contribution in [0.15, 0.2) is 12.2 Å². The van der Waals surface area contributed by atoms with Gasteiger partial charge in [0.1, 0.15) is 0 Å². The molecule has 8 heteroatoms. The van der Waals surface area contributed by atoms with E-state index in [2.05, 4.69) is 35.8 Å². The summed E-state index contributed by atoms with van der Waals surface area (Å²) >= 11 is 0. The van der Waals surface area contributed by atoms with E-state index in [1.165, 1.54) is 161 Å². The fourth-order valence-electron chi connectivity index (χ4n) is 6.52. The number of amides is 1. The van der Waals surface area contributed by atoms with Gasteiger partial charge < -0.3 is 20.2 Å². The molecule has 1 amide bonds. The highest BCUT2D eigenvalue weighted by molar-refractivity contribution is 7.46. The van der Waals surface area contributed by atoms with Gasteiger partial charge in [0, 0.05) is 6.42 Å². The predicted octanol–water partition coefficient (Wildman–Crippen LogP) is 12.4. The summed E-state index contributed by atoms with van der Waals surface area (Å²) in [6, 6.07) is -0.820. The molecule has 0 radical (unpaired) electrons. The van der Waals surface area contributed by atoms with Gasteiger partial charge in [0.05, 0.1) is 18.8 Å². The molecule has 0 aromatic carbocycles. The molecular formula is C41H82NO6P. The van der Waals surface area contributed by atoms with Crippen molar-refractivity contribution in [2.24, 2.45) is 0 Å². The van der Waals surface area contributed by atoms with Crippen molar-refractivity contribution in [2.45, 2.75) is 238 Å². The van der Waals surface area contributed by atoms with Crippen LogP contribution in [0, 0.1) is 0 Å². The molecule has 0 fully saturated rings. The van der Waals surface area contributed by atoms with E-state index in [0.29, 0.717) is 12.8 Å². The van der Waals surface area contributed by atoms with Gasteiger partial charge in [0.2, 0.25) is 5.91 Å². The van der Waals surface area contributed by atoms with Gasteiger partial charge >= 0.3 is 7.82 Å². The largest absolute Gasteiger partial charge is 0.469 e. The second-order valence-corrected chi connectivity index (χ2v) is 15.9. The van der Waals surface area contributed by atoms with Gasteiger partial charge in [0.25, 0.3) is 0 Å². The Bertz CT molecular complexity index is 773.